The van der Waals surface area contributed by atoms with E-state index in [1.165, 1.54) is 12.8 Å². The average Bonchev–Trinajstić information content (AvgIpc) is 2.26. The van der Waals surface area contributed by atoms with Gasteiger partial charge in [-0.1, -0.05) is 26.7 Å². The first-order valence-electron chi connectivity index (χ1n) is 6.62. The molecule has 0 aliphatic heterocycles. The minimum absolute atomic E-state index is 0.335. The molecule has 1 aliphatic rings. The average molecular weight is 227 g/mol. The van der Waals surface area contributed by atoms with Crippen molar-refractivity contribution in [2.24, 2.45) is 5.92 Å². The minimum atomic E-state index is -0.688. The van der Waals surface area contributed by atoms with Crippen LogP contribution >= 0.6 is 0 Å². The fourth-order valence-corrected chi connectivity index (χ4v) is 2.40. The highest BCUT2D eigenvalue weighted by Crippen LogP contribution is 2.24. The van der Waals surface area contributed by atoms with Crippen molar-refractivity contribution in [2.45, 2.75) is 70.9 Å². The molecule has 1 rings (SSSR count). The molecule has 0 aromatic heterocycles. The first-order chi connectivity index (χ1) is 7.63. The van der Waals surface area contributed by atoms with Crippen molar-refractivity contribution in [3.8, 4) is 0 Å². The van der Waals surface area contributed by atoms with Crippen molar-refractivity contribution >= 4 is 5.97 Å². The Labute approximate surface area is 98.6 Å². The van der Waals surface area contributed by atoms with E-state index in [1.807, 2.05) is 0 Å². The van der Waals surface area contributed by atoms with Crippen LogP contribution < -0.4 is 5.32 Å². The topological polar surface area (TPSA) is 49.3 Å². The van der Waals surface area contributed by atoms with Gasteiger partial charge in [-0.05, 0) is 38.0 Å². The quantitative estimate of drug-likeness (QED) is 0.733. The SMILES string of the molecule is CCCCC(NC1CCC(C)CC1)C(=O)O. The van der Waals surface area contributed by atoms with E-state index in [2.05, 4.69) is 19.2 Å². The molecule has 1 atom stereocenters. The Kier molecular flexibility index (Phi) is 5.81. The second kappa shape index (κ2) is 6.89. The molecule has 3 heteroatoms. The van der Waals surface area contributed by atoms with Crippen molar-refractivity contribution in [2.75, 3.05) is 0 Å². The number of hydrogen-bond donors (Lipinski definition) is 2. The number of aliphatic carboxylic acids is 1. The zero-order valence-corrected chi connectivity index (χ0v) is 10.5. The van der Waals surface area contributed by atoms with Crippen molar-refractivity contribution in [3.63, 3.8) is 0 Å². The van der Waals surface area contributed by atoms with Crippen LogP contribution in [0.2, 0.25) is 0 Å². The molecule has 1 saturated carbocycles. The summed E-state index contributed by atoms with van der Waals surface area (Å²) >= 11 is 0. The van der Waals surface area contributed by atoms with Crippen LogP contribution in [0.3, 0.4) is 0 Å². The van der Waals surface area contributed by atoms with Crippen molar-refractivity contribution < 1.29 is 9.90 Å². The van der Waals surface area contributed by atoms with Gasteiger partial charge in [-0.15, -0.1) is 0 Å². The van der Waals surface area contributed by atoms with Crippen molar-refractivity contribution in [1.29, 1.82) is 0 Å². The molecule has 0 amide bonds. The van der Waals surface area contributed by atoms with Crippen molar-refractivity contribution in [3.05, 3.63) is 0 Å². The minimum Gasteiger partial charge on any atom is -0.480 e. The Hall–Kier alpha value is -0.570. The molecule has 3 nitrogen and oxygen atoms in total. The van der Waals surface area contributed by atoms with E-state index in [1.54, 1.807) is 0 Å². The summed E-state index contributed by atoms with van der Waals surface area (Å²) in [6.45, 7) is 4.38. The highest BCUT2D eigenvalue weighted by molar-refractivity contribution is 5.73. The number of rotatable bonds is 6. The van der Waals surface area contributed by atoms with E-state index < -0.39 is 5.97 Å². The van der Waals surface area contributed by atoms with Crippen LogP contribution in [-0.4, -0.2) is 23.2 Å². The van der Waals surface area contributed by atoms with E-state index in [0.717, 1.165) is 38.0 Å². The van der Waals surface area contributed by atoms with Crippen LogP contribution in [0.1, 0.15) is 58.8 Å². The Morgan fingerprint density at radius 1 is 1.38 bits per heavy atom. The Bertz CT molecular complexity index is 210. The summed E-state index contributed by atoms with van der Waals surface area (Å²) < 4.78 is 0. The normalized spacial score (nSPS) is 27.6. The lowest BCUT2D eigenvalue weighted by molar-refractivity contribution is -0.140. The number of unbranched alkanes of at least 4 members (excludes halogenated alkanes) is 1. The van der Waals surface area contributed by atoms with Gasteiger partial charge in [-0.25, -0.2) is 0 Å². The zero-order chi connectivity index (χ0) is 12.0. The summed E-state index contributed by atoms with van der Waals surface area (Å²) in [7, 11) is 0. The van der Waals surface area contributed by atoms with Crippen LogP contribution in [0.4, 0.5) is 0 Å². The number of carboxylic acids is 1. The maximum atomic E-state index is 11.1. The predicted octanol–water partition coefficient (Wildman–Crippen LogP) is 2.80. The Morgan fingerprint density at radius 2 is 2.00 bits per heavy atom. The second-order valence-corrected chi connectivity index (χ2v) is 5.16. The van der Waals surface area contributed by atoms with Crippen LogP contribution in [0.5, 0.6) is 0 Å². The third kappa shape index (κ3) is 4.52. The van der Waals surface area contributed by atoms with Crippen LogP contribution in [0, 0.1) is 5.92 Å². The summed E-state index contributed by atoms with van der Waals surface area (Å²) in [6.07, 6.45) is 7.56. The van der Waals surface area contributed by atoms with E-state index in [4.69, 9.17) is 5.11 Å². The number of hydrogen-bond acceptors (Lipinski definition) is 2. The molecular weight excluding hydrogens is 202 g/mol. The molecule has 0 radical (unpaired) electrons. The Balaban J connectivity index is 2.33. The lowest BCUT2D eigenvalue weighted by Gasteiger charge is -2.29. The lowest BCUT2D eigenvalue weighted by atomic mass is 9.87. The molecule has 1 aliphatic carbocycles. The molecule has 0 saturated heterocycles. The van der Waals surface area contributed by atoms with Gasteiger partial charge in [0.25, 0.3) is 0 Å². The molecule has 2 N–H and O–H groups in total. The van der Waals surface area contributed by atoms with E-state index in [0.29, 0.717) is 6.04 Å². The van der Waals surface area contributed by atoms with Crippen LogP contribution in [0.25, 0.3) is 0 Å². The van der Waals surface area contributed by atoms with Gasteiger partial charge in [-0.3, -0.25) is 4.79 Å². The summed E-state index contributed by atoms with van der Waals surface area (Å²) in [5, 5.41) is 12.4. The zero-order valence-electron chi connectivity index (χ0n) is 10.5. The lowest BCUT2D eigenvalue weighted by Crippen LogP contribution is -2.44. The maximum absolute atomic E-state index is 11.1. The van der Waals surface area contributed by atoms with Gasteiger partial charge < -0.3 is 10.4 Å². The highest BCUT2D eigenvalue weighted by atomic mass is 16.4. The van der Waals surface area contributed by atoms with Gasteiger partial charge in [0.2, 0.25) is 0 Å². The van der Waals surface area contributed by atoms with Gasteiger partial charge in [0.05, 0.1) is 0 Å². The number of carbonyl (C=O) groups is 1. The number of carboxylic acid groups (broad SMARTS) is 1. The van der Waals surface area contributed by atoms with E-state index in [9.17, 15) is 4.79 Å². The fourth-order valence-electron chi connectivity index (χ4n) is 2.40. The molecule has 0 aromatic rings. The molecule has 0 aromatic carbocycles. The largest absolute Gasteiger partial charge is 0.480 e. The van der Waals surface area contributed by atoms with E-state index >= 15 is 0 Å². The molecule has 1 unspecified atom stereocenters. The Morgan fingerprint density at radius 3 is 2.50 bits per heavy atom. The first kappa shape index (κ1) is 13.5. The van der Waals surface area contributed by atoms with Crippen LogP contribution in [-0.2, 0) is 4.79 Å². The van der Waals surface area contributed by atoms with Gasteiger partial charge in [0.1, 0.15) is 6.04 Å². The highest BCUT2D eigenvalue weighted by Gasteiger charge is 2.24. The van der Waals surface area contributed by atoms with Gasteiger partial charge in [0, 0.05) is 6.04 Å². The van der Waals surface area contributed by atoms with Gasteiger partial charge in [0.15, 0.2) is 0 Å². The standard InChI is InChI=1S/C13H25NO2/c1-3-4-5-12(13(15)16)14-11-8-6-10(2)7-9-11/h10-12,14H,3-9H2,1-2H3,(H,15,16). The van der Waals surface area contributed by atoms with E-state index in [-0.39, 0.29) is 6.04 Å². The fraction of sp³-hybridized carbons (Fsp3) is 0.923. The summed E-state index contributed by atoms with van der Waals surface area (Å²) in [6, 6.07) is 0.0903. The maximum Gasteiger partial charge on any atom is 0.320 e. The third-order valence-electron chi connectivity index (χ3n) is 3.60. The summed E-state index contributed by atoms with van der Waals surface area (Å²) in [5.41, 5.74) is 0. The predicted molar refractivity (Wildman–Crippen MR) is 65.5 cm³/mol. The molecule has 0 bridgehead atoms. The van der Waals surface area contributed by atoms with Gasteiger partial charge >= 0.3 is 5.97 Å². The number of nitrogens with one attached hydrogen (secondary N) is 1. The molecular formula is C13H25NO2. The second-order valence-electron chi connectivity index (χ2n) is 5.16. The molecule has 16 heavy (non-hydrogen) atoms. The molecule has 0 heterocycles. The van der Waals surface area contributed by atoms with Gasteiger partial charge in [-0.2, -0.15) is 0 Å². The molecule has 0 spiro atoms. The smallest absolute Gasteiger partial charge is 0.320 e. The first-order valence-corrected chi connectivity index (χ1v) is 6.62. The molecule has 94 valence electrons. The summed E-state index contributed by atoms with van der Waals surface area (Å²) in [4.78, 5) is 11.1. The van der Waals surface area contributed by atoms with Crippen molar-refractivity contribution in [1.82, 2.24) is 5.32 Å². The molecule has 1 fully saturated rings. The summed E-state index contributed by atoms with van der Waals surface area (Å²) in [5.74, 6) is 0.129. The third-order valence-corrected chi connectivity index (χ3v) is 3.60. The monoisotopic (exact) mass is 227 g/mol. The van der Waals surface area contributed by atoms with Crippen LogP contribution in [0.15, 0.2) is 0 Å².